The van der Waals surface area contributed by atoms with Crippen LogP contribution in [0.15, 0.2) is 65.5 Å². The van der Waals surface area contributed by atoms with Crippen LogP contribution in [-0.2, 0) is 16.6 Å². The lowest BCUT2D eigenvalue weighted by Crippen LogP contribution is -2.26. The fraction of sp³-hybridized carbons (Fsp3) is 0.211. The highest BCUT2D eigenvalue weighted by Crippen LogP contribution is 2.20. The van der Waals surface area contributed by atoms with Crippen molar-refractivity contribution in [2.75, 3.05) is 12.4 Å². The predicted octanol–water partition coefficient (Wildman–Crippen LogP) is 3.70. The molecular weight excluding hydrogens is 368 g/mol. The third-order valence-corrected chi connectivity index (χ3v) is 5.80. The number of nitrogens with zero attached hydrogens (tertiary/aromatic N) is 1. The number of aromatic nitrogens is 1. The summed E-state index contributed by atoms with van der Waals surface area (Å²) in [5.41, 5.74) is 2.77. The minimum absolute atomic E-state index is 0.0301. The van der Waals surface area contributed by atoms with E-state index in [1.54, 1.807) is 17.5 Å². The Kier molecular flexibility index (Phi) is 6.38. The summed E-state index contributed by atoms with van der Waals surface area (Å²) in [4.78, 5) is 4.33. The molecule has 0 saturated carbocycles. The number of sulfonamides is 1. The average molecular weight is 389 g/mol. The summed E-state index contributed by atoms with van der Waals surface area (Å²) < 4.78 is 32.5. The zero-order valence-electron chi connectivity index (χ0n) is 14.2. The van der Waals surface area contributed by atoms with Gasteiger partial charge in [0, 0.05) is 23.7 Å². The van der Waals surface area contributed by atoms with Crippen LogP contribution >= 0.6 is 11.3 Å². The molecule has 0 radical (unpaired) electrons. The Balaban J connectivity index is 1.47. The number of hydrogen-bond acceptors (Lipinski definition) is 5. The van der Waals surface area contributed by atoms with E-state index in [9.17, 15) is 8.42 Å². The molecule has 0 saturated heterocycles. The quantitative estimate of drug-likeness (QED) is 0.568. The Bertz CT molecular complexity index is 911. The highest BCUT2D eigenvalue weighted by atomic mass is 32.2. The second-order valence-electron chi connectivity index (χ2n) is 5.72. The zero-order chi connectivity index (χ0) is 18.2. The maximum Gasteiger partial charge on any atom is 0.212 e. The minimum Gasteiger partial charge on any atom is -0.494 e. The molecule has 1 aromatic carbocycles. The summed E-state index contributed by atoms with van der Waals surface area (Å²) in [5, 5.41) is 4.01. The highest BCUT2D eigenvalue weighted by Gasteiger charge is 2.10. The molecule has 0 atom stereocenters. The van der Waals surface area contributed by atoms with Crippen LogP contribution < -0.4 is 9.46 Å². The fourth-order valence-corrected chi connectivity index (χ4v) is 4.05. The molecule has 0 aliphatic rings. The molecule has 2 aromatic heterocycles. The summed E-state index contributed by atoms with van der Waals surface area (Å²) >= 11 is 1.60. The average Bonchev–Trinajstić information content (AvgIpc) is 3.20. The van der Waals surface area contributed by atoms with Crippen LogP contribution in [0.2, 0.25) is 0 Å². The van der Waals surface area contributed by atoms with Gasteiger partial charge in [-0.1, -0.05) is 18.2 Å². The van der Waals surface area contributed by atoms with Crippen molar-refractivity contribution in [3.63, 3.8) is 0 Å². The number of thiophene rings is 1. The van der Waals surface area contributed by atoms with Crippen LogP contribution in [0.4, 0.5) is 0 Å². The SMILES string of the molecule is O=S(=O)(CCCOc1ccccc1)NCc1ccnc(-c2ccsc2)c1. The Morgan fingerprint density at radius 2 is 1.96 bits per heavy atom. The molecule has 136 valence electrons. The standard InChI is InChI=1S/C19H20N2O3S2/c22-26(23,12-4-10-24-18-5-2-1-3-6-18)21-14-16-7-9-20-19(13-16)17-8-11-25-15-17/h1-3,5-9,11,13,15,21H,4,10,12,14H2. The molecule has 2 heterocycles. The van der Waals surface area contributed by atoms with Crippen molar-refractivity contribution in [1.82, 2.24) is 9.71 Å². The van der Waals surface area contributed by atoms with E-state index < -0.39 is 10.0 Å². The second kappa shape index (κ2) is 8.93. The smallest absolute Gasteiger partial charge is 0.212 e. The van der Waals surface area contributed by atoms with Crippen molar-refractivity contribution < 1.29 is 13.2 Å². The van der Waals surface area contributed by atoms with Gasteiger partial charge in [-0.05, 0) is 47.7 Å². The lowest BCUT2D eigenvalue weighted by molar-refractivity contribution is 0.317. The maximum atomic E-state index is 12.1. The normalized spacial score (nSPS) is 11.4. The second-order valence-corrected chi connectivity index (χ2v) is 8.42. The molecule has 0 bridgehead atoms. The van der Waals surface area contributed by atoms with Gasteiger partial charge < -0.3 is 4.74 Å². The molecule has 0 fully saturated rings. The number of rotatable bonds is 9. The number of benzene rings is 1. The van der Waals surface area contributed by atoms with E-state index in [4.69, 9.17) is 4.74 Å². The van der Waals surface area contributed by atoms with Crippen LogP contribution in [-0.4, -0.2) is 25.8 Å². The van der Waals surface area contributed by atoms with Gasteiger partial charge in [0.2, 0.25) is 10.0 Å². The summed E-state index contributed by atoms with van der Waals surface area (Å²) in [6.45, 7) is 0.615. The monoisotopic (exact) mass is 388 g/mol. The Hall–Kier alpha value is -2.22. The molecule has 1 N–H and O–H groups in total. The molecule has 7 heteroatoms. The molecule has 0 spiro atoms. The molecule has 26 heavy (non-hydrogen) atoms. The zero-order valence-corrected chi connectivity index (χ0v) is 15.8. The van der Waals surface area contributed by atoms with E-state index >= 15 is 0 Å². The van der Waals surface area contributed by atoms with Crippen molar-refractivity contribution in [2.45, 2.75) is 13.0 Å². The molecule has 3 aromatic rings. The van der Waals surface area contributed by atoms with E-state index in [2.05, 4.69) is 9.71 Å². The third kappa shape index (κ3) is 5.66. The number of pyridine rings is 1. The molecule has 0 aliphatic carbocycles. The van der Waals surface area contributed by atoms with Crippen molar-refractivity contribution in [3.8, 4) is 17.0 Å². The van der Waals surface area contributed by atoms with Crippen molar-refractivity contribution in [3.05, 3.63) is 71.1 Å². The van der Waals surface area contributed by atoms with Crippen LogP contribution in [0.3, 0.4) is 0 Å². The lowest BCUT2D eigenvalue weighted by atomic mass is 10.1. The van der Waals surface area contributed by atoms with Crippen molar-refractivity contribution in [1.29, 1.82) is 0 Å². The van der Waals surface area contributed by atoms with Crippen LogP contribution in [0.5, 0.6) is 5.75 Å². The Labute approximate surface area is 157 Å². The van der Waals surface area contributed by atoms with Gasteiger partial charge in [-0.25, -0.2) is 13.1 Å². The van der Waals surface area contributed by atoms with E-state index in [-0.39, 0.29) is 12.3 Å². The number of para-hydroxylation sites is 1. The number of nitrogens with one attached hydrogen (secondary N) is 1. The summed E-state index contributed by atoms with van der Waals surface area (Å²) in [7, 11) is -3.35. The maximum absolute atomic E-state index is 12.1. The summed E-state index contributed by atoms with van der Waals surface area (Å²) in [5.74, 6) is 0.776. The molecule has 3 rings (SSSR count). The lowest BCUT2D eigenvalue weighted by Gasteiger charge is -2.09. The van der Waals surface area contributed by atoms with Crippen molar-refractivity contribution in [2.24, 2.45) is 0 Å². The van der Waals surface area contributed by atoms with Crippen molar-refractivity contribution >= 4 is 21.4 Å². The first-order valence-corrected chi connectivity index (χ1v) is 10.8. The molecule has 5 nitrogen and oxygen atoms in total. The minimum atomic E-state index is -3.35. The van der Waals surface area contributed by atoms with Gasteiger partial charge in [-0.3, -0.25) is 4.98 Å². The van der Waals surface area contributed by atoms with Gasteiger partial charge in [0.1, 0.15) is 5.75 Å². The first kappa shape index (κ1) is 18.6. The first-order valence-electron chi connectivity index (χ1n) is 8.25. The highest BCUT2D eigenvalue weighted by molar-refractivity contribution is 7.89. The topological polar surface area (TPSA) is 68.3 Å². The Morgan fingerprint density at radius 3 is 2.73 bits per heavy atom. The van der Waals surface area contributed by atoms with E-state index in [1.165, 1.54) is 0 Å². The molecule has 0 unspecified atom stereocenters. The number of hydrogen-bond donors (Lipinski definition) is 1. The van der Waals surface area contributed by atoms with E-state index in [0.717, 1.165) is 22.6 Å². The summed E-state index contributed by atoms with van der Waals surface area (Å²) in [6.07, 6.45) is 2.13. The van der Waals surface area contributed by atoms with Gasteiger partial charge in [-0.2, -0.15) is 11.3 Å². The Morgan fingerprint density at radius 1 is 1.12 bits per heavy atom. The predicted molar refractivity (Wildman–Crippen MR) is 105 cm³/mol. The van der Waals surface area contributed by atoms with Gasteiger partial charge in [0.15, 0.2) is 0 Å². The summed E-state index contributed by atoms with van der Waals surface area (Å²) in [6, 6.07) is 15.1. The van der Waals surface area contributed by atoms with Crippen LogP contribution in [0, 0.1) is 0 Å². The molecule has 0 aliphatic heterocycles. The first-order chi connectivity index (χ1) is 12.6. The van der Waals surface area contributed by atoms with E-state index in [0.29, 0.717) is 13.0 Å². The van der Waals surface area contributed by atoms with Gasteiger partial charge in [-0.15, -0.1) is 0 Å². The number of ether oxygens (including phenoxy) is 1. The van der Waals surface area contributed by atoms with Gasteiger partial charge in [0.25, 0.3) is 0 Å². The molecular formula is C19H20N2O3S2. The van der Waals surface area contributed by atoms with Gasteiger partial charge >= 0.3 is 0 Å². The van der Waals surface area contributed by atoms with E-state index in [1.807, 2.05) is 59.3 Å². The molecule has 0 amide bonds. The van der Waals surface area contributed by atoms with Gasteiger partial charge in [0.05, 0.1) is 18.1 Å². The largest absolute Gasteiger partial charge is 0.494 e. The fourth-order valence-electron chi connectivity index (χ4n) is 2.37. The van der Waals surface area contributed by atoms with Crippen LogP contribution in [0.25, 0.3) is 11.3 Å². The third-order valence-electron chi connectivity index (χ3n) is 3.71. The van der Waals surface area contributed by atoms with Crippen LogP contribution in [0.1, 0.15) is 12.0 Å².